The molecule has 0 aliphatic heterocycles. The van der Waals surface area contributed by atoms with Gasteiger partial charge in [-0.05, 0) is 36.9 Å². The summed E-state index contributed by atoms with van der Waals surface area (Å²) in [6.45, 7) is 3.98. The number of benzene rings is 1. The highest BCUT2D eigenvalue weighted by atomic mass is 35.5. The van der Waals surface area contributed by atoms with Crippen LogP contribution in [0.15, 0.2) is 36.7 Å². The lowest BCUT2D eigenvalue weighted by Gasteiger charge is -2.16. The largest absolute Gasteiger partial charge is 0.264 e. The lowest BCUT2D eigenvalue weighted by Crippen LogP contribution is -2.06. The maximum absolute atomic E-state index is 6.24. The normalized spacial score (nSPS) is 11.9. The van der Waals surface area contributed by atoms with Crippen molar-refractivity contribution >= 4 is 22.4 Å². The van der Waals surface area contributed by atoms with Gasteiger partial charge in [0.1, 0.15) is 0 Å². The SMILES string of the molecule is CC(C)(Cl)c1ccc2ccncc2c1. The molecular formula is C12H12ClN. The van der Waals surface area contributed by atoms with Crippen LogP contribution in [-0.2, 0) is 4.87 Å². The number of pyridine rings is 1. The summed E-state index contributed by atoms with van der Waals surface area (Å²) in [7, 11) is 0. The van der Waals surface area contributed by atoms with Gasteiger partial charge in [-0.1, -0.05) is 12.1 Å². The summed E-state index contributed by atoms with van der Waals surface area (Å²) in [5, 5.41) is 2.34. The Kier molecular flexibility index (Phi) is 2.20. The van der Waals surface area contributed by atoms with Crippen LogP contribution in [-0.4, -0.2) is 4.98 Å². The molecule has 2 heteroatoms. The molecule has 1 heterocycles. The third-order valence-electron chi connectivity index (χ3n) is 2.33. The molecule has 0 amide bonds. The zero-order valence-corrected chi connectivity index (χ0v) is 9.05. The third kappa shape index (κ3) is 1.73. The Morgan fingerprint density at radius 1 is 1.14 bits per heavy atom. The topological polar surface area (TPSA) is 12.9 Å². The monoisotopic (exact) mass is 205 g/mol. The van der Waals surface area contributed by atoms with Gasteiger partial charge < -0.3 is 0 Å². The standard InChI is InChI=1S/C12H12ClN/c1-12(2,13)11-4-3-9-5-6-14-8-10(9)7-11/h3-8H,1-2H3. The first-order valence-electron chi connectivity index (χ1n) is 4.60. The quantitative estimate of drug-likeness (QED) is 0.647. The molecule has 0 N–H and O–H groups in total. The van der Waals surface area contributed by atoms with Gasteiger partial charge in [0.05, 0.1) is 4.87 Å². The number of alkyl halides is 1. The van der Waals surface area contributed by atoms with E-state index in [1.807, 2.05) is 26.1 Å². The second-order valence-corrected chi connectivity index (χ2v) is 4.85. The van der Waals surface area contributed by atoms with Crippen LogP contribution < -0.4 is 0 Å². The van der Waals surface area contributed by atoms with E-state index < -0.39 is 0 Å². The number of halogens is 1. The van der Waals surface area contributed by atoms with E-state index in [1.165, 1.54) is 5.39 Å². The average Bonchev–Trinajstić information content (AvgIpc) is 2.16. The molecule has 72 valence electrons. The molecule has 0 bridgehead atoms. The van der Waals surface area contributed by atoms with E-state index in [-0.39, 0.29) is 4.87 Å². The number of hydrogen-bond donors (Lipinski definition) is 0. The fraction of sp³-hybridized carbons (Fsp3) is 0.250. The van der Waals surface area contributed by atoms with Crippen molar-refractivity contribution in [2.24, 2.45) is 0 Å². The summed E-state index contributed by atoms with van der Waals surface area (Å²) in [5.74, 6) is 0. The maximum Gasteiger partial charge on any atom is 0.0639 e. The second kappa shape index (κ2) is 3.25. The predicted octanol–water partition coefficient (Wildman–Crippen LogP) is 3.71. The lowest BCUT2D eigenvalue weighted by molar-refractivity contribution is 0.767. The molecule has 0 unspecified atom stereocenters. The van der Waals surface area contributed by atoms with Crippen molar-refractivity contribution in [3.05, 3.63) is 42.2 Å². The fourth-order valence-electron chi connectivity index (χ4n) is 1.45. The predicted molar refractivity (Wildman–Crippen MR) is 60.6 cm³/mol. The highest BCUT2D eigenvalue weighted by Gasteiger charge is 2.16. The van der Waals surface area contributed by atoms with Gasteiger partial charge in [-0.2, -0.15) is 0 Å². The molecule has 0 fully saturated rings. The van der Waals surface area contributed by atoms with Crippen molar-refractivity contribution < 1.29 is 0 Å². The van der Waals surface area contributed by atoms with E-state index in [2.05, 4.69) is 23.2 Å². The molecule has 0 saturated heterocycles. The van der Waals surface area contributed by atoms with Gasteiger partial charge in [0.2, 0.25) is 0 Å². The Morgan fingerprint density at radius 3 is 2.64 bits per heavy atom. The van der Waals surface area contributed by atoms with Crippen LogP contribution in [0.3, 0.4) is 0 Å². The van der Waals surface area contributed by atoms with Crippen molar-refractivity contribution in [1.82, 2.24) is 4.98 Å². The Hall–Kier alpha value is -1.08. The van der Waals surface area contributed by atoms with E-state index in [9.17, 15) is 0 Å². The first-order valence-corrected chi connectivity index (χ1v) is 4.98. The summed E-state index contributed by atoms with van der Waals surface area (Å²) in [5.41, 5.74) is 1.12. The lowest BCUT2D eigenvalue weighted by atomic mass is 10.00. The Balaban J connectivity index is 2.63. The van der Waals surface area contributed by atoms with E-state index in [0.717, 1.165) is 10.9 Å². The van der Waals surface area contributed by atoms with Gasteiger partial charge in [-0.25, -0.2) is 0 Å². The first-order chi connectivity index (χ1) is 6.57. The smallest absolute Gasteiger partial charge is 0.0639 e. The summed E-state index contributed by atoms with van der Waals surface area (Å²) in [4.78, 5) is 3.78. The third-order valence-corrected chi connectivity index (χ3v) is 2.55. The van der Waals surface area contributed by atoms with E-state index in [4.69, 9.17) is 11.6 Å². The van der Waals surface area contributed by atoms with Gasteiger partial charge in [-0.15, -0.1) is 11.6 Å². The molecule has 0 saturated carbocycles. The Morgan fingerprint density at radius 2 is 1.93 bits per heavy atom. The minimum atomic E-state index is -0.315. The second-order valence-electron chi connectivity index (χ2n) is 3.91. The van der Waals surface area contributed by atoms with Crippen molar-refractivity contribution in [2.75, 3.05) is 0 Å². The van der Waals surface area contributed by atoms with Gasteiger partial charge in [0, 0.05) is 17.8 Å². The number of fused-ring (bicyclic) bond motifs is 1. The van der Waals surface area contributed by atoms with Gasteiger partial charge in [-0.3, -0.25) is 4.98 Å². The summed E-state index contributed by atoms with van der Waals surface area (Å²) < 4.78 is 0. The number of rotatable bonds is 1. The molecule has 0 aliphatic carbocycles. The molecule has 1 nitrogen and oxygen atoms in total. The van der Waals surface area contributed by atoms with Crippen LogP contribution in [0.5, 0.6) is 0 Å². The van der Waals surface area contributed by atoms with Gasteiger partial charge in [0.25, 0.3) is 0 Å². The van der Waals surface area contributed by atoms with Crippen molar-refractivity contribution in [1.29, 1.82) is 0 Å². The molecule has 2 rings (SSSR count). The van der Waals surface area contributed by atoms with Gasteiger partial charge in [0.15, 0.2) is 0 Å². The molecule has 0 atom stereocenters. The first kappa shape index (κ1) is 9.47. The molecule has 0 aliphatic rings. The van der Waals surface area contributed by atoms with Crippen molar-refractivity contribution in [2.45, 2.75) is 18.7 Å². The van der Waals surface area contributed by atoms with Crippen LogP contribution in [0.4, 0.5) is 0 Å². The van der Waals surface area contributed by atoms with Crippen LogP contribution in [0, 0.1) is 0 Å². The Bertz CT molecular complexity index is 457. The highest BCUT2D eigenvalue weighted by molar-refractivity contribution is 6.23. The van der Waals surface area contributed by atoms with E-state index >= 15 is 0 Å². The molecule has 14 heavy (non-hydrogen) atoms. The maximum atomic E-state index is 6.24. The molecule has 1 aromatic carbocycles. The minimum Gasteiger partial charge on any atom is -0.264 e. The fourth-order valence-corrected chi connectivity index (χ4v) is 1.57. The molecule has 1 aromatic heterocycles. The van der Waals surface area contributed by atoms with Crippen molar-refractivity contribution in [3.63, 3.8) is 0 Å². The molecular weight excluding hydrogens is 194 g/mol. The van der Waals surface area contributed by atoms with E-state index in [1.54, 1.807) is 6.20 Å². The molecule has 2 aromatic rings. The van der Waals surface area contributed by atoms with Crippen LogP contribution in [0.1, 0.15) is 19.4 Å². The Labute approximate surface area is 88.7 Å². The minimum absolute atomic E-state index is 0.315. The van der Waals surface area contributed by atoms with Gasteiger partial charge >= 0.3 is 0 Å². The van der Waals surface area contributed by atoms with Crippen LogP contribution in [0.2, 0.25) is 0 Å². The van der Waals surface area contributed by atoms with Crippen molar-refractivity contribution in [3.8, 4) is 0 Å². The summed E-state index contributed by atoms with van der Waals surface area (Å²) >= 11 is 6.24. The average molecular weight is 206 g/mol. The molecule has 0 radical (unpaired) electrons. The number of hydrogen-bond acceptors (Lipinski definition) is 1. The van der Waals surface area contributed by atoms with Crippen LogP contribution in [0.25, 0.3) is 10.8 Å². The van der Waals surface area contributed by atoms with E-state index in [0.29, 0.717) is 0 Å². The zero-order chi connectivity index (χ0) is 10.2. The van der Waals surface area contributed by atoms with Crippen LogP contribution >= 0.6 is 11.6 Å². The summed E-state index contributed by atoms with van der Waals surface area (Å²) in [6.07, 6.45) is 3.66. The number of nitrogens with zero attached hydrogens (tertiary/aromatic N) is 1. The molecule has 0 spiro atoms. The summed E-state index contributed by atoms with van der Waals surface area (Å²) in [6, 6.07) is 8.24. The highest BCUT2D eigenvalue weighted by Crippen LogP contribution is 2.29. The zero-order valence-electron chi connectivity index (χ0n) is 8.29. The number of aromatic nitrogens is 1.